The van der Waals surface area contributed by atoms with Crippen LogP contribution in [0, 0.1) is 0 Å². The maximum Gasteiger partial charge on any atom is 0.160 e. The number of rotatable bonds is 1. The van der Waals surface area contributed by atoms with E-state index in [0.717, 1.165) is 37.2 Å². The van der Waals surface area contributed by atoms with Crippen LogP contribution in [0.25, 0.3) is 0 Å². The first-order chi connectivity index (χ1) is 10.2. The van der Waals surface area contributed by atoms with Crippen LogP contribution >= 0.6 is 0 Å². The molecule has 3 aliphatic rings. The van der Waals surface area contributed by atoms with Crippen molar-refractivity contribution in [3.63, 3.8) is 0 Å². The van der Waals surface area contributed by atoms with Gasteiger partial charge in [-0.15, -0.1) is 0 Å². The number of hydrogen-bond donors (Lipinski definition) is 2. The normalized spacial score (nSPS) is 34.6. The van der Waals surface area contributed by atoms with Crippen LogP contribution in [-0.2, 0) is 12.0 Å². The number of fused-ring (bicyclic) bond motifs is 1. The first-order valence-corrected chi connectivity index (χ1v) is 7.22. The summed E-state index contributed by atoms with van der Waals surface area (Å²) in [5.41, 5.74) is 3.08. The number of phenolic OH excluding ortho intramolecular Hbond substituents is 1. The number of benzene rings is 1. The highest BCUT2D eigenvalue weighted by atomic mass is 16.5. The molecule has 1 fully saturated rings. The summed E-state index contributed by atoms with van der Waals surface area (Å²) in [6.07, 6.45) is 5.91. The fraction of sp³-hybridized carbons (Fsp3) is 0.438. The Hall–Kier alpha value is -2.01. The van der Waals surface area contributed by atoms with Gasteiger partial charge < -0.3 is 15.1 Å². The lowest BCUT2D eigenvalue weighted by atomic mass is 9.66. The minimum atomic E-state index is -0.0528. The van der Waals surface area contributed by atoms with Crippen molar-refractivity contribution in [2.45, 2.75) is 30.8 Å². The topological polar surface area (TPSA) is 65.3 Å². The fourth-order valence-electron chi connectivity index (χ4n) is 4.22. The maximum atomic E-state index is 10.0. The Bertz CT molecular complexity index is 668. The van der Waals surface area contributed by atoms with Crippen LogP contribution in [0.1, 0.15) is 24.0 Å². The molecule has 110 valence electrons. The smallest absolute Gasteiger partial charge is 0.160 e. The molecule has 2 N–H and O–H groups in total. The standard InChI is InChI=1S/C16H18N2O3/c1-21-14-8-12-10(6-13(14)19)9-18-5-4-16(12)3-2-11(17-20)7-15(16)18/h2-3,6,8,15,19-20H,4-5,7,9H2,1H3/b17-11-/t15-,16-/m0/s1. The average molecular weight is 286 g/mol. The summed E-state index contributed by atoms with van der Waals surface area (Å²) < 4.78 is 5.28. The molecule has 0 aromatic heterocycles. The number of hydrogen-bond acceptors (Lipinski definition) is 5. The Balaban J connectivity index is 1.92. The fourth-order valence-corrected chi connectivity index (χ4v) is 4.22. The first kappa shape index (κ1) is 12.7. The Labute approximate surface area is 123 Å². The number of aromatic hydroxyl groups is 1. The minimum absolute atomic E-state index is 0.0528. The van der Waals surface area contributed by atoms with Crippen molar-refractivity contribution in [3.8, 4) is 11.5 Å². The van der Waals surface area contributed by atoms with Gasteiger partial charge >= 0.3 is 0 Å². The van der Waals surface area contributed by atoms with E-state index in [-0.39, 0.29) is 11.2 Å². The van der Waals surface area contributed by atoms with E-state index in [1.165, 1.54) is 5.56 Å². The lowest BCUT2D eigenvalue weighted by Crippen LogP contribution is -2.48. The van der Waals surface area contributed by atoms with Crippen molar-refractivity contribution in [2.24, 2.45) is 5.16 Å². The molecule has 0 radical (unpaired) electrons. The molecule has 1 aromatic rings. The lowest BCUT2D eigenvalue weighted by Gasteiger charge is -2.44. The molecule has 4 rings (SSSR count). The SMILES string of the molecule is COc1cc2c(cc1O)CN1CC[C@@]23C=C/C(=N/O)C[C@H]13. The maximum absolute atomic E-state index is 10.0. The predicted molar refractivity (Wildman–Crippen MR) is 78.1 cm³/mol. The zero-order chi connectivity index (χ0) is 14.6. The third-order valence-electron chi connectivity index (χ3n) is 5.23. The molecule has 0 spiro atoms. The molecule has 1 aromatic carbocycles. The average Bonchev–Trinajstić information content (AvgIpc) is 2.78. The summed E-state index contributed by atoms with van der Waals surface area (Å²) in [4.78, 5) is 2.42. The van der Waals surface area contributed by atoms with E-state index >= 15 is 0 Å². The Morgan fingerprint density at radius 2 is 2.29 bits per heavy atom. The van der Waals surface area contributed by atoms with Crippen LogP contribution in [-0.4, -0.2) is 40.6 Å². The van der Waals surface area contributed by atoms with Gasteiger partial charge in [0, 0.05) is 31.0 Å². The molecule has 2 aliphatic heterocycles. The van der Waals surface area contributed by atoms with E-state index in [0.29, 0.717) is 11.8 Å². The van der Waals surface area contributed by atoms with Crippen LogP contribution in [0.5, 0.6) is 11.5 Å². The van der Waals surface area contributed by atoms with Gasteiger partial charge in [-0.1, -0.05) is 11.2 Å². The molecule has 2 heterocycles. The van der Waals surface area contributed by atoms with Crippen molar-refractivity contribution in [2.75, 3.05) is 13.7 Å². The summed E-state index contributed by atoms with van der Waals surface area (Å²) in [5.74, 6) is 0.723. The van der Waals surface area contributed by atoms with E-state index in [1.807, 2.05) is 18.2 Å². The number of oxime groups is 1. The second-order valence-electron chi connectivity index (χ2n) is 6.09. The van der Waals surface area contributed by atoms with Gasteiger partial charge in [0.25, 0.3) is 0 Å². The van der Waals surface area contributed by atoms with E-state index in [1.54, 1.807) is 7.11 Å². The van der Waals surface area contributed by atoms with Crippen LogP contribution in [0.4, 0.5) is 0 Å². The summed E-state index contributed by atoms with van der Waals surface area (Å²) in [5, 5.41) is 22.4. The van der Waals surface area contributed by atoms with Gasteiger partial charge in [-0.25, -0.2) is 0 Å². The highest BCUT2D eigenvalue weighted by Crippen LogP contribution is 2.52. The van der Waals surface area contributed by atoms with Gasteiger partial charge in [0.15, 0.2) is 11.5 Å². The van der Waals surface area contributed by atoms with Crippen molar-refractivity contribution >= 4 is 5.71 Å². The molecule has 5 heteroatoms. The Morgan fingerprint density at radius 3 is 3.05 bits per heavy atom. The number of methoxy groups -OCH3 is 1. The summed E-state index contributed by atoms with van der Waals surface area (Å²) >= 11 is 0. The van der Waals surface area contributed by atoms with E-state index in [4.69, 9.17) is 9.94 Å². The molecule has 1 unspecified atom stereocenters. The molecule has 3 atom stereocenters. The second-order valence-corrected chi connectivity index (χ2v) is 6.09. The summed E-state index contributed by atoms with van der Waals surface area (Å²) in [7, 11) is 1.58. The highest BCUT2D eigenvalue weighted by molar-refractivity contribution is 5.96. The largest absolute Gasteiger partial charge is 0.504 e. The Kier molecular flexibility index (Phi) is 2.57. The van der Waals surface area contributed by atoms with Crippen molar-refractivity contribution in [3.05, 3.63) is 35.4 Å². The summed E-state index contributed by atoms with van der Waals surface area (Å²) in [6.45, 7) is 1.84. The second kappa shape index (κ2) is 4.24. The molecule has 0 amide bonds. The van der Waals surface area contributed by atoms with Crippen LogP contribution in [0.2, 0.25) is 0 Å². The zero-order valence-corrected chi connectivity index (χ0v) is 11.9. The van der Waals surface area contributed by atoms with Gasteiger partial charge in [0.1, 0.15) is 0 Å². The van der Waals surface area contributed by atoms with Gasteiger partial charge in [0.05, 0.1) is 12.8 Å². The molecular formula is C16H18N2O3. The molecule has 21 heavy (non-hydrogen) atoms. The monoisotopic (exact) mass is 286 g/mol. The lowest BCUT2D eigenvalue weighted by molar-refractivity contribution is 0.198. The minimum Gasteiger partial charge on any atom is -0.504 e. The molecule has 2 bridgehead atoms. The molecule has 1 aliphatic carbocycles. The van der Waals surface area contributed by atoms with Crippen LogP contribution < -0.4 is 4.74 Å². The number of nitrogens with zero attached hydrogens (tertiary/aromatic N) is 2. The third kappa shape index (κ3) is 1.58. The van der Waals surface area contributed by atoms with Crippen LogP contribution in [0.15, 0.2) is 29.4 Å². The van der Waals surface area contributed by atoms with Gasteiger partial charge in [0.2, 0.25) is 0 Å². The molecular weight excluding hydrogens is 268 g/mol. The van der Waals surface area contributed by atoms with Crippen LogP contribution in [0.3, 0.4) is 0 Å². The molecule has 0 saturated carbocycles. The quantitative estimate of drug-likeness (QED) is 0.612. The van der Waals surface area contributed by atoms with Gasteiger partial charge in [-0.2, -0.15) is 0 Å². The van der Waals surface area contributed by atoms with Gasteiger partial charge in [-0.05, 0) is 35.8 Å². The molecule has 5 nitrogen and oxygen atoms in total. The number of allylic oxidation sites excluding steroid dienone is 1. The highest BCUT2D eigenvalue weighted by Gasteiger charge is 2.52. The number of ether oxygens (including phenoxy) is 1. The summed E-state index contributed by atoms with van der Waals surface area (Å²) in [6, 6.07) is 4.13. The third-order valence-corrected chi connectivity index (χ3v) is 5.23. The molecule has 1 saturated heterocycles. The predicted octanol–water partition coefficient (Wildman–Crippen LogP) is 2.02. The zero-order valence-electron chi connectivity index (χ0n) is 11.9. The van der Waals surface area contributed by atoms with E-state index in [9.17, 15) is 5.11 Å². The number of phenols is 1. The Morgan fingerprint density at radius 1 is 1.43 bits per heavy atom. The van der Waals surface area contributed by atoms with Crippen molar-refractivity contribution in [1.29, 1.82) is 0 Å². The van der Waals surface area contributed by atoms with Crippen molar-refractivity contribution in [1.82, 2.24) is 4.90 Å². The van der Waals surface area contributed by atoms with Crippen molar-refractivity contribution < 1.29 is 15.1 Å². The van der Waals surface area contributed by atoms with E-state index in [2.05, 4.69) is 16.1 Å². The van der Waals surface area contributed by atoms with Gasteiger partial charge in [-0.3, -0.25) is 4.90 Å². The van der Waals surface area contributed by atoms with E-state index < -0.39 is 0 Å². The first-order valence-electron chi connectivity index (χ1n) is 7.22.